The molecule has 36 heavy (non-hydrogen) atoms. The standard InChI is InChI=1S/C26H28N2O8/c1-3-35-26(31)24-20(15-29)27-17(2)22(23(24)19-11-7-8-12-21(19)28(32)33)25(30)36-14-13-34-16-18-9-5-4-6-10-18/h4-12,15,20,22-24H,3,13-14,16H2,1-2H3. The van der Waals surface area contributed by atoms with Crippen molar-refractivity contribution >= 4 is 29.6 Å². The summed E-state index contributed by atoms with van der Waals surface area (Å²) in [6.07, 6.45) is 0.492. The average molecular weight is 497 g/mol. The van der Waals surface area contributed by atoms with Gasteiger partial charge in [-0.05, 0) is 19.4 Å². The van der Waals surface area contributed by atoms with E-state index < -0.39 is 40.7 Å². The van der Waals surface area contributed by atoms with Crippen LogP contribution in [0.2, 0.25) is 0 Å². The molecule has 1 heterocycles. The van der Waals surface area contributed by atoms with Gasteiger partial charge < -0.3 is 19.0 Å². The zero-order chi connectivity index (χ0) is 26.1. The predicted octanol–water partition coefficient (Wildman–Crippen LogP) is 3.28. The van der Waals surface area contributed by atoms with E-state index in [1.54, 1.807) is 13.0 Å². The number of benzene rings is 2. The monoisotopic (exact) mass is 496 g/mol. The molecule has 0 radical (unpaired) electrons. The first-order valence-corrected chi connectivity index (χ1v) is 11.6. The van der Waals surface area contributed by atoms with Crippen molar-refractivity contribution < 1.29 is 33.5 Å². The first-order chi connectivity index (χ1) is 17.4. The Morgan fingerprint density at radius 2 is 1.72 bits per heavy atom. The van der Waals surface area contributed by atoms with Gasteiger partial charge in [0.25, 0.3) is 5.69 Å². The number of hydrogen-bond donors (Lipinski definition) is 0. The molecule has 0 aromatic heterocycles. The fourth-order valence-electron chi connectivity index (χ4n) is 4.40. The van der Waals surface area contributed by atoms with Crippen LogP contribution >= 0.6 is 0 Å². The molecule has 0 bridgehead atoms. The van der Waals surface area contributed by atoms with E-state index in [0.717, 1.165) is 5.56 Å². The molecule has 0 amide bonds. The van der Waals surface area contributed by atoms with Gasteiger partial charge in [-0.15, -0.1) is 0 Å². The van der Waals surface area contributed by atoms with Crippen molar-refractivity contribution in [2.24, 2.45) is 16.8 Å². The molecule has 2 aromatic carbocycles. The number of nitro benzene ring substituents is 1. The zero-order valence-electron chi connectivity index (χ0n) is 20.1. The van der Waals surface area contributed by atoms with Gasteiger partial charge in [-0.1, -0.05) is 48.5 Å². The zero-order valence-corrected chi connectivity index (χ0v) is 20.1. The molecule has 0 aliphatic carbocycles. The molecule has 3 rings (SSSR count). The maximum atomic E-state index is 13.3. The molecule has 10 heteroatoms. The second-order valence-electron chi connectivity index (χ2n) is 8.20. The summed E-state index contributed by atoms with van der Waals surface area (Å²) >= 11 is 0. The number of aldehydes is 1. The Balaban J connectivity index is 1.87. The van der Waals surface area contributed by atoms with E-state index in [9.17, 15) is 24.5 Å². The van der Waals surface area contributed by atoms with Crippen molar-refractivity contribution in [3.8, 4) is 0 Å². The van der Waals surface area contributed by atoms with Crippen LogP contribution in [0.15, 0.2) is 59.6 Å². The Labute approximate surface area is 208 Å². The van der Waals surface area contributed by atoms with Gasteiger partial charge in [0.15, 0.2) is 0 Å². The first-order valence-electron chi connectivity index (χ1n) is 11.6. The lowest BCUT2D eigenvalue weighted by Gasteiger charge is -2.37. The van der Waals surface area contributed by atoms with Crippen molar-refractivity contribution in [2.75, 3.05) is 19.8 Å². The predicted molar refractivity (Wildman–Crippen MR) is 129 cm³/mol. The lowest BCUT2D eigenvalue weighted by molar-refractivity contribution is -0.385. The van der Waals surface area contributed by atoms with Gasteiger partial charge in [0, 0.05) is 23.3 Å². The lowest BCUT2D eigenvalue weighted by Crippen LogP contribution is -2.47. The number of hydrogen-bond acceptors (Lipinski definition) is 9. The number of aliphatic imine (C=N–C) groups is 1. The third-order valence-electron chi connectivity index (χ3n) is 5.94. The fourth-order valence-corrected chi connectivity index (χ4v) is 4.40. The molecule has 1 aliphatic rings. The number of rotatable bonds is 11. The van der Waals surface area contributed by atoms with Crippen LogP contribution in [0, 0.1) is 22.0 Å². The van der Waals surface area contributed by atoms with Gasteiger partial charge in [0.2, 0.25) is 0 Å². The molecule has 0 spiro atoms. The van der Waals surface area contributed by atoms with Gasteiger partial charge in [0.05, 0.1) is 30.7 Å². The highest BCUT2D eigenvalue weighted by Gasteiger charge is 2.51. The number of carbonyl (C=O) groups is 3. The summed E-state index contributed by atoms with van der Waals surface area (Å²) in [7, 11) is 0. The van der Waals surface area contributed by atoms with Gasteiger partial charge in [-0.3, -0.25) is 24.7 Å². The highest BCUT2D eigenvalue weighted by molar-refractivity contribution is 6.04. The smallest absolute Gasteiger partial charge is 0.315 e. The Bertz CT molecular complexity index is 1120. The molecule has 2 aromatic rings. The third kappa shape index (κ3) is 6.19. The molecular weight excluding hydrogens is 468 g/mol. The summed E-state index contributed by atoms with van der Waals surface area (Å²) < 4.78 is 16.2. The van der Waals surface area contributed by atoms with Crippen LogP contribution in [0.25, 0.3) is 0 Å². The van der Waals surface area contributed by atoms with E-state index in [4.69, 9.17) is 14.2 Å². The fraction of sp³-hybridized carbons (Fsp3) is 0.385. The largest absolute Gasteiger partial charge is 0.466 e. The van der Waals surface area contributed by atoms with Gasteiger partial charge in [-0.25, -0.2) is 0 Å². The SMILES string of the molecule is CCOC(=O)C1C(C=O)N=C(C)C(C(=O)OCCOCc2ccccc2)C1c1ccccc1[N+](=O)[O-]. The molecular formula is C26H28N2O8. The maximum absolute atomic E-state index is 13.3. The first kappa shape index (κ1) is 26.7. The molecule has 0 saturated heterocycles. The van der Waals surface area contributed by atoms with Crippen LogP contribution in [0.5, 0.6) is 0 Å². The quantitative estimate of drug-likeness (QED) is 0.152. The minimum atomic E-state index is -1.24. The Morgan fingerprint density at radius 1 is 1.03 bits per heavy atom. The molecule has 0 saturated carbocycles. The number of esters is 2. The van der Waals surface area contributed by atoms with E-state index in [-0.39, 0.29) is 36.8 Å². The Kier molecular flexibility index (Phi) is 9.40. The van der Waals surface area contributed by atoms with E-state index in [1.807, 2.05) is 30.3 Å². The average Bonchev–Trinajstić information content (AvgIpc) is 2.88. The number of nitro groups is 1. The molecule has 0 N–H and O–H groups in total. The van der Waals surface area contributed by atoms with Crippen LogP contribution in [0.1, 0.15) is 30.9 Å². The third-order valence-corrected chi connectivity index (χ3v) is 5.94. The topological polar surface area (TPSA) is 134 Å². The van der Waals surface area contributed by atoms with Crippen LogP contribution in [0.3, 0.4) is 0 Å². The van der Waals surface area contributed by atoms with E-state index in [2.05, 4.69) is 4.99 Å². The second kappa shape index (κ2) is 12.7. The summed E-state index contributed by atoms with van der Waals surface area (Å²) in [6.45, 7) is 3.57. The molecule has 4 unspecified atom stereocenters. The number of ether oxygens (including phenoxy) is 3. The second-order valence-corrected chi connectivity index (χ2v) is 8.20. The lowest BCUT2D eigenvalue weighted by atomic mass is 9.69. The van der Waals surface area contributed by atoms with Crippen LogP contribution in [-0.2, 0) is 35.2 Å². The van der Waals surface area contributed by atoms with Crippen LogP contribution in [0.4, 0.5) is 5.69 Å². The number of para-hydroxylation sites is 1. The normalized spacial score (nSPS) is 21.2. The molecule has 1 aliphatic heterocycles. The van der Waals surface area contributed by atoms with Gasteiger partial charge >= 0.3 is 11.9 Å². The molecule has 10 nitrogen and oxygen atoms in total. The van der Waals surface area contributed by atoms with Crippen molar-refractivity contribution in [1.82, 2.24) is 0 Å². The van der Waals surface area contributed by atoms with E-state index in [0.29, 0.717) is 12.9 Å². The van der Waals surface area contributed by atoms with Crippen LogP contribution < -0.4 is 0 Å². The molecule has 4 atom stereocenters. The highest BCUT2D eigenvalue weighted by atomic mass is 16.6. The van der Waals surface area contributed by atoms with Gasteiger partial charge in [0.1, 0.15) is 24.9 Å². The van der Waals surface area contributed by atoms with Crippen molar-refractivity contribution in [1.29, 1.82) is 0 Å². The van der Waals surface area contributed by atoms with Crippen molar-refractivity contribution in [3.63, 3.8) is 0 Å². The van der Waals surface area contributed by atoms with Crippen LogP contribution in [-0.4, -0.2) is 54.7 Å². The highest BCUT2D eigenvalue weighted by Crippen LogP contribution is 2.44. The van der Waals surface area contributed by atoms with E-state index in [1.165, 1.54) is 25.1 Å². The minimum absolute atomic E-state index is 0.0288. The molecule has 190 valence electrons. The summed E-state index contributed by atoms with van der Waals surface area (Å²) in [4.78, 5) is 53.6. The minimum Gasteiger partial charge on any atom is -0.466 e. The summed E-state index contributed by atoms with van der Waals surface area (Å²) in [5.74, 6) is -4.94. The Hall–Kier alpha value is -3.92. The molecule has 0 fully saturated rings. The maximum Gasteiger partial charge on any atom is 0.315 e. The van der Waals surface area contributed by atoms with E-state index >= 15 is 0 Å². The summed E-state index contributed by atoms with van der Waals surface area (Å²) in [5.41, 5.74) is 1.06. The van der Waals surface area contributed by atoms with Gasteiger partial charge in [-0.2, -0.15) is 0 Å². The Morgan fingerprint density at radius 3 is 2.39 bits per heavy atom. The number of carbonyl (C=O) groups excluding carboxylic acids is 3. The number of nitrogens with zero attached hydrogens (tertiary/aromatic N) is 2. The van der Waals surface area contributed by atoms with Crippen molar-refractivity contribution in [3.05, 3.63) is 75.8 Å². The van der Waals surface area contributed by atoms with Crippen molar-refractivity contribution in [2.45, 2.75) is 32.4 Å². The summed E-state index contributed by atoms with van der Waals surface area (Å²) in [6, 6.07) is 14.1. The summed E-state index contributed by atoms with van der Waals surface area (Å²) in [5, 5.41) is 11.8.